The topological polar surface area (TPSA) is 52.0 Å². The predicted molar refractivity (Wildman–Crippen MR) is 38.4 cm³/mol. The third kappa shape index (κ3) is 1.03. The molecule has 0 amide bonds. The lowest BCUT2D eigenvalue weighted by Gasteiger charge is -2.12. The molecule has 0 spiro atoms. The van der Waals surface area contributed by atoms with Crippen molar-refractivity contribution in [2.45, 2.75) is 13.0 Å². The van der Waals surface area contributed by atoms with Crippen molar-refractivity contribution in [2.24, 2.45) is 0 Å². The molecule has 1 aliphatic heterocycles. The van der Waals surface area contributed by atoms with Gasteiger partial charge in [-0.05, 0) is 19.2 Å². The van der Waals surface area contributed by atoms with Crippen molar-refractivity contribution >= 4 is 6.29 Å². The lowest BCUT2D eigenvalue weighted by atomic mass is 10.1. The van der Waals surface area contributed by atoms with Gasteiger partial charge in [0.2, 0.25) is 0 Å². The molecule has 0 radical (unpaired) electrons. The Bertz CT molecular complexity index is 206. The van der Waals surface area contributed by atoms with Crippen LogP contribution >= 0.6 is 0 Å². The number of rotatable bonds is 1. The van der Waals surface area contributed by atoms with E-state index in [0.717, 1.165) is 0 Å². The number of allylic oxidation sites excluding steroid dienone is 2. The van der Waals surface area contributed by atoms with Gasteiger partial charge >= 0.3 is 0 Å². The number of aldehydes is 1. The molecule has 0 aromatic rings. The number of hydrogen-bond acceptors (Lipinski definition) is 2. The SMILES string of the molecule is CC1NC=CC(C=O)=C1[OH2+]. The van der Waals surface area contributed by atoms with Gasteiger partial charge < -0.3 is 10.4 Å². The van der Waals surface area contributed by atoms with Crippen molar-refractivity contribution in [3.8, 4) is 0 Å². The Hall–Kier alpha value is -1.25. The van der Waals surface area contributed by atoms with Gasteiger partial charge in [0.1, 0.15) is 11.6 Å². The lowest BCUT2D eigenvalue weighted by Crippen LogP contribution is -2.26. The van der Waals surface area contributed by atoms with Gasteiger partial charge in [-0.25, -0.2) is 0 Å². The molecule has 1 rings (SSSR count). The average molecular weight is 140 g/mol. The molecule has 0 aromatic carbocycles. The van der Waals surface area contributed by atoms with E-state index in [-0.39, 0.29) is 6.04 Å². The van der Waals surface area contributed by atoms with Crippen molar-refractivity contribution in [3.05, 3.63) is 23.6 Å². The molecular weight excluding hydrogens is 130 g/mol. The summed E-state index contributed by atoms with van der Waals surface area (Å²) in [7, 11) is 0. The van der Waals surface area contributed by atoms with Crippen LogP contribution in [0.15, 0.2) is 23.6 Å². The van der Waals surface area contributed by atoms with Crippen LogP contribution in [0.5, 0.6) is 0 Å². The second-order valence-electron chi connectivity index (χ2n) is 2.21. The van der Waals surface area contributed by atoms with Crippen LogP contribution in [0.25, 0.3) is 0 Å². The van der Waals surface area contributed by atoms with Crippen LogP contribution < -0.4 is 5.32 Å². The summed E-state index contributed by atoms with van der Waals surface area (Å²) in [4.78, 5) is 10.3. The molecule has 1 aliphatic rings. The third-order valence-electron chi connectivity index (χ3n) is 1.48. The third-order valence-corrected chi connectivity index (χ3v) is 1.48. The Morgan fingerprint density at radius 3 is 3.00 bits per heavy atom. The second kappa shape index (κ2) is 2.56. The van der Waals surface area contributed by atoms with Crippen LogP contribution in [0, 0.1) is 0 Å². The van der Waals surface area contributed by atoms with Crippen LogP contribution in [0.2, 0.25) is 0 Å². The second-order valence-corrected chi connectivity index (χ2v) is 2.21. The van der Waals surface area contributed by atoms with Gasteiger partial charge in [-0.1, -0.05) is 0 Å². The van der Waals surface area contributed by atoms with Gasteiger partial charge in [0.25, 0.3) is 5.76 Å². The molecule has 10 heavy (non-hydrogen) atoms. The van der Waals surface area contributed by atoms with Crippen molar-refractivity contribution in [3.63, 3.8) is 0 Å². The van der Waals surface area contributed by atoms with Crippen molar-refractivity contribution in [2.75, 3.05) is 0 Å². The van der Waals surface area contributed by atoms with Gasteiger partial charge in [-0.2, -0.15) is 0 Å². The first-order chi connectivity index (χ1) is 4.75. The van der Waals surface area contributed by atoms with E-state index in [1.165, 1.54) is 0 Å². The van der Waals surface area contributed by atoms with Gasteiger partial charge in [-0.3, -0.25) is 4.79 Å². The zero-order valence-corrected chi connectivity index (χ0v) is 5.72. The molecule has 0 saturated carbocycles. The molecule has 3 N–H and O–H groups in total. The molecular formula is C7H10NO2+. The first-order valence-electron chi connectivity index (χ1n) is 3.09. The minimum absolute atomic E-state index is 0.0369. The highest BCUT2D eigenvalue weighted by atomic mass is 16.3. The highest BCUT2D eigenvalue weighted by molar-refractivity contribution is 5.78. The van der Waals surface area contributed by atoms with Gasteiger partial charge in [0, 0.05) is 0 Å². The summed E-state index contributed by atoms with van der Waals surface area (Å²) >= 11 is 0. The zero-order valence-electron chi connectivity index (χ0n) is 5.72. The Balaban J connectivity index is 2.92. The van der Waals surface area contributed by atoms with Crippen molar-refractivity contribution in [1.82, 2.24) is 5.32 Å². The quantitative estimate of drug-likeness (QED) is 0.400. The summed E-state index contributed by atoms with van der Waals surface area (Å²) in [5.74, 6) is 0.359. The van der Waals surface area contributed by atoms with Gasteiger partial charge in [-0.15, -0.1) is 0 Å². The van der Waals surface area contributed by atoms with Crippen LogP contribution in [-0.4, -0.2) is 17.4 Å². The normalized spacial score (nSPS) is 24.3. The smallest absolute Gasteiger partial charge is 0.262 e. The molecule has 1 heterocycles. The van der Waals surface area contributed by atoms with E-state index in [9.17, 15) is 4.79 Å². The molecule has 3 heteroatoms. The maximum absolute atomic E-state index is 10.3. The van der Waals surface area contributed by atoms with Crippen molar-refractivity contribution in [1.29, 1.82) is 0 Å². The number of dihydropyridines is 1. The summed E-state index contributed by atoms with van der Waals surface area (Å²) in [6.07, 6.45) is 4.00. The Morgan fingerprint density at radius 1 is 1.80 bits per heavy atom. The van der Waals surface area contributed by atoms with E-state index in [2.05, 4.69) is 5.32 Å². The van der Waals surface area contributed by atoms with Crippen LogP contribution in [0.3, 0.4) is 0 Å². The summed E-state index contributed by atoms with van der Waals surface area (Å²) in [5, 5.41) is 10.3. The van der Waals surface area contributed by atoms with E-state index in [0.29, 0.717) is 17.6 Å². The minimum Gasteiger partial charge on any atom is -0.594 e. The number of nitrogens with one attached hydrogen (secondary N) is 1. The van der Waals surface area contributed by atoms with E-state index < -0.39 is 0 Å². The highest BCUT2D eigenvalue weighted by Gasteiger charge is 2.17. The van der Waals surface area contributed by atoms with Crippen LogP contribution in [0.1, 0.15) is 6.92 Å². The summed E-state index contributed by atoms with van der Waals surface area (Å²) in [5.41, 5.74) is 0.464. The largest absolute Gasteiger partial charge is 0.594 e. The molecule has 3 nitrogen and oxygen atoms in total. The zero-order chi connectivity index (χ0) is 7.56. The van der Waals surface area contributed by atoms with E-state index >= 15 is 0 Å². The Morgan fingerprint density at radius 2 is 2.50 bits per heavy atom. The maximum Gasteiger partial charge on any atom is 0.262 e. The highest BCUT2D eigenvalue weighted by Crippen LogP contribution is 2.09. The molecule has 1 unspecified atom stereocenters. The molecule has 0 fully saturated rings. The average Bonchev–Trinajstić information content (AvgIpc) is 1.95. The van der Waals surface area contributed by atoms with E-state index in [4.69, 9.17) is 5.11 Å². The Kier molecular flexibility index (Phi) is 1.76. The number of hydrogen-bond donors (Lipinski definition) is 1. The maximum atomic E-state index is 10.3. The molecule has 0 saturated heterocycles. The summed E-state index contributed by atoms with van der Waals surface area (Å²) < 4.78 is 0. The van der Waals surface area contributed by atoms with E-state index in [1.54, 1.807) is 12.3 Å². The Labute approximate surface area is 59.0 Å². The standard InChI is InChI=1S/C7H9NO2/c1-5-7(10)6(4-9)2-3-8-5/h2-5,8,10H,1H3/p+1. The fraction of sp³-hybridized carbons (Fsp3) is 0.286. The summed E-state index contributed by atoms with van der Waals surface area (Å²) in [6.45, 7) is 1.84. The molecule has 54 valence electrons. The van der Waals surface area contributed by atoms with Crippen molar-refractivity contribution < 1.29 is 9.90 Å². The lowest BCUT2D eigenvalue weighted by molar-refractivity contribution is -0.104. The molecule has 0 bridgehead atoms. The molecule has 0 aliphatic carbocycles. The van der Waals surface area contributed by atoms with Gasteiger partial charge in [0.15, 0.2) is 6.29 Å². The van der Waals surface area contributed by atoms with E-state index in [1.807, 2.05) is 6.92 Å². The monoisotopic (exact) mass is 140 g/mol. The molecule has 0 aromatic heterocycles. The first kappa shape index (κ1) is 6.86. The first-order valence-corrected chi connectivity index (χ1v) is 3.09. The number of carbonyl (C=O) groups excluding carboxylic acids is 1. The minimum atomic E-state index is -0.0369. The van der Waals surface area contributed by atoms with Crippen LogP contribution in [-0.2, 0) is 4.79 Å². The van der Waals surface area contributed by atoms with Gasteiger partial charge in [0.05, 0.1) is 0 Å². The fourth-order valence-electron chi connectivity index (χ4n) is 0.808. The fourth-order valence-corrected chi connectivity index (χ4v) is 0.808. The molecule has 1 atom stereocenters. The number of carbonyl (C=O) groups is 1. The summed E-state index contributed by atoms with van der Waals surface area (Å²) in [6, 6.07) is -0.0369. The predicted octanol–water partition coefficient (Wildman–Crippen LogP) is -0.331. The van der Waals surface area contributed by atoms with Crippen LogP contribution in [0.4, 0.5) is 0 Å².